The summed E-state index contributed by atoms with van der Waals surface area (Å²) in [6.45, 7) is -0.592. The molecule has 2 fully saturated rings. The monoisotopic (exact) mass is 463 g/mol. The second-order valence-electron chi connectivity index (χ2n) is 7.44. The van der Waals surface area contributed by atoms with Crippen LogP contribution in [0.25, 0.3) is 0 Å². The largest absolute Gasteiger partial charge is 1.00 e. The molecule has 5 N–H and O–H groups in total. The van der Waals surface area contributed by atoms with E-state index in [0.717, 1.165) is 0 Å². The number of aliphatic hydroxyl groups is 5. The van der Waals surface area contributed by atoms with Crippen LogP contribution in [-0.4, -0.2) is 105 Å². The van der Waals surface area contributed by atoms with Gasteiger partial charge in [0.15, 0.2) is 6.29 Å². The summed E-state index contributed by atoms with van der Waals surface area (Å²) in [6, 6.07) is 7.85. The first-order chi connectivity index (χ1) is 14.8. The summed E-state index contributed by atoms with van der Waals surface area (Å²) in [6.07, 6.45) is -14.4. The third-order valence-corrected chi connectivity index (χ3v) is 5.43. The van der Waals surface area contributed by atoms with Crippen LogP contribution in [0.2, 0.25) is 0 Å². The molecule has 0 spiro atoms. The summed E-state index contributed by atoms with van der Waals surface area (Å²) < 4.78 is 22.0. The van der Waals surface area contributed by atoms with E-state index in [9.17, 15) is 35.4 Å². The van der Waals surface area contributed by atoms with Crippen molar-refractivity contribution >= 4 is 11.9 Å². The zero-order chi connectivity index (χ0) is 22.3. The Kier molecular flexibility index (Phi) is 8.28. The van der Waals surface area contributed by atoms with Crippen molar-refractivity contribution in [2.75, 3.05) is 6.61 Å². The van der Waals surface area contributed by atoms with Gasteiger partial charge in [0, 0.05) is 5.56 Å². The van der Waals surface area contributed by atoms with Gasteiger partial charge in [-0.25, -0.2) is 4.99 Å². The molecule has 1 aromatic rings. The van der Waals surface area contributed by atoms with Gasteiger partial charge in [0.05, 0.1) is 12.6 Å². The Labute approximate surface area is 204 Å². The molecule has 3 heterocycles. The van der Waals surface area contributed by atoms with Gasteiger partial charge in [-0.2, -0.15) is 0 Å². The quantitative estimate of drug-likeness (QED) is 0.261. The number of carboxylic acid groups (broad SMARTS) is 1. The Morgan fingerprint density at radius 2 is 1.72 bits per heavy atom. The minimum absolute atomic E-state index is 0. The minimum Gasteiger partial charge on any atom is -0.547 e. The van der Waals surface area contributed by atoms with E-state index < -0.39 is 73.9 Å². The molecule has 12 nitrogen and oxygen atoms in total. The van der Waals surface area contributed by atoms with E-state index in [0.29, 0.717) is 5.56 Å². The number of benzene rings is 1. The molecule has 0 aromatic heterocycles. The zero-order valence-electron chi connectivity index (χ0n) is 17.0. The molecular formula is C19H22NNaO11. The predicted molar refractivity (Wildman–Crippen MR) is 96.2 cm³/mol. The number of carboxylic acids is 1. The number of aliphatic carboxylic acids is 1. The average Bonchev–Trinajstić information content (AvgIpc) is 3.19. The summed E-state index contributed by atoms with van der Waals surface area (Å²) in [4.78, 5) is 15.6. The molecule has 1 aromatic carbocycles. The number of ether oxygens (including phenoxy) is 4. The minimum atomic E-state index is -1.98. The van der Waals surface area contributed by atoms with Crippen LogP contribution in [0.5, 0.6) is 0 Å². The summed E-state index contributed by atoms with van der Waals surface area (Å²) in [5, 5.41) is 61.4. The van der Waals surface area contributed by atoms with E-state index in [1.54, 1.807) is 30.3 Å². The van der Waals surface area contributed by atoms with E-state index in [1.807, 2.05) is 0 Å². The number of fused-ring (bicyclic) bond motifs is 1. The Morgan fingerprint density at radius 3 is 2.34 bits per heavy atom. The topological polar surface area (TPSA) is 191 Å². The summed E-state index contributed by atoms with van der Waals surface area (Å²) in [7, 11) is 0. The van der Waals surface area contributed by atoms with Gasteiger partial charge >= 0.3 is 29.6 Å². The number of nitrogens with zero attached hydrogens (tertiary/aromatic N) is 1. The molecule has 32 heavy (non-hydrogen) atoms. The van der Waals surface area contributed by atoms with Crippen molar-refractivity contribution < 1.29 is 83.9 Å². The van der Waals surface area contributed by atoms with Gasteiger partial charge in [-0.05, 0) is 12.1 Å². The van der Waals surface area contributed by atoms with E-state index in [2.05, 4.69) is 4.99 Å². The van der Waals surface area contributed by atoms with Crippen LogP contribution in [0, 0.1) is 0 Å². The molecule has 0 unspecified atom stereocenters. The van der Waals surface area contributed by atoms with Crippen molar-refractivity contribution in [2.45, 2.75) is 61.3 Å². The third-order valence-electron chi connectivity index (χ3n) is 5.43. The number of hydrogen-bond acceptors (Lipinski definition) is 12. The molecule has 0 bridgehead atoms. The number of carbonyl (C=O) groups is 1. The SMILES string of the molecule is O=C([O-])[C@H]1O[C@@H](O[C@H]2[C@H](O)[C@@H](CO)O[C@@H]3OC(c4ccccc4)=N[C@@H]32)[C@H](O)[C@@H](O)[C@@H]1O.[Na+]. The first-order valence-electron chi connectivity index (χ1n) is 9.62. The van der Waals surface area contributed by atoms with Crippen molar-refractivity contribution in [3.8, 4) is 0 Å². The summed E-state index contributed by atoms with van der Waals surface area (Å²) >= 11 is 0. The van der Waals surface area contributed by atoms with Crippen molar-refractivity contribution in [2.24, 2.45) is 4.99 Å². The number of hydrogen-bond donors (Lipinski definition) is 5. The van der Waals surface area contributed by atoms with Gasteiger partial charge in [-0.15, -0.1) is 0 Å². The number of carbonyl (C=O) groups excluding carboxylic acids is 1. The second-order valence-corrected chi connectivity index (χ2v) is 7.44. The number of aliphatic hydroxyl groups excluding tert-OH is 5. The van der Waals surface area contributed by atoms with Crippen molar-refractivity contribution in [1.82, 2.24) is 0 Å². The fourth-order valence-corrected chi connectivity index (χ4v) is 3.75. The van der Waals surface area contributed by atoms with Crippen LogP contribution in [-0.2, 0) is 23.7 Å². The third kappa shape index (κ3) is 4.72. The van der Waals surface area contributed by atoms with Crippen LogP contribution >= 0.6 is 0 Å². The first kappa shape index (κ1) is 25.5. The summed E-state index contributed by atoms with van der Waals surface area (Å²) in [5.41, 5.74) is 0.624. The molecule has 0 saturated carbocycles. The van der Waals surface area contributed by atoms with Gasteiger partial charge in [-0.3, -0.25) is 0 Å². The van der Waals surface area contributed by atoms with Gasteiger partial charge < -0.3 is 54.4 Å². The maximum Gasteiger partial charge on any atom is 1.00 e. The maximum atomic E-state index is 11.2. The Balaban J connectivity index is 0.00000289. The van der Waals surface area contributed by atoms with Crippen molar-refractivity contribution in [3.63, 3.8) is 0 Å². The van der Waals surface area contributed by atoms with Crippen molar-refractivity contribution in [3.05, 3.63) is 35.9 Å². The van der Waals surface area contributed by atoms with Gasteiger partial charge in [0.25, 0.3) is 0 Å². The molecule has 0 amide bonds. The molecule has 2 saturated heterocycles. The van der Waals surface area contributed by atoms with Gasteiger partial charge in [0.2, 0.25) is 12.2 Å². The molecule has 10 atom stereocenters. The van der Waals surface area contributed by atoms with Gasteiger partial charge in [-0.1, -0.05) is 18.2 Å². The molecule has 0 radical (unpaired) electrons. The molecular weight excluding hydrogens is 441 g/mol. The predicted octanol–water partition coefficient (Wildman–Crippen LogP) is -7.14. The van der Waals surface area contributed by atoms with Gasteiger partial charge in [0.1, 0.15) is 48.8 Å². The summed E-state index contributed by atoms with van der Waals surface area (Å²) in [5.74, 6) is -1.62. The average molecular weight is 463 g/mol. The maximum absolute atomic E-state index is 11.2. The van der Waals surface area contributed by atoms with Crippen LogP contribution in [0.1, 0.15) is 5.56 Å². The molecule has 170 valence electrons. The standard InChI is InChI=1S/C19H23NO11.Na/c21-6-8-10(22)14(29-19-13(25)11(23)12(24)15(30-19)17(26)27)9-18(28-8)31-16(20-9)7-4-2-1-3-5-7;/h1-5,8-15,18-19,21-25H,6H2,(H,26,27);/q;+1/p-1/t8-,9-,10-,11+,12+,13-,14-,15+,18-,19-;/m1./s1. The van der Waals surface area contributed by atoms with E-state index in [4.69, 9.17) is 18.9 Å². The normalized spacial score (nSPS) is 41.1. The Bertz CT molecular complexity index is 827. The second kappa shape index (κ2) is 10.4. The molecule has 13 heteroatoms. The van der Waals surface area contributed by atoms with E-state index >= 15 is 0 Å². The van der Waals surface area contributed by atoms with Crippen LogP contribution in [0.15, 0.2) is 35.3 Å². The van der Waals surface area contributed by atoms with Crippen LogP contribution < -0.4 is 34.7 Å². The van der Waals surface area contributed by atoms with E-state index in [1.165, 1.54) is 0 Å². The van der Waals surface area contributed by atoms with Crippen LogP contribution in [0.4, 0.5) is 0 Å². The Morgan fingerprint density at radius 1 is 1.03 bits per heavy atom. The molecule has 4 rings (SSSR count). The fraction of sp³-hybridized carbons (Fsp3) is 0.579. The molecule has 0 aliphatic carbocycles. The van der Waals surface area contributed by atoms with E-state index in [-0.39, 0.29) is 35.5 Å². The smallest absolute Gasteiger partial charge is 0.547 e. The van der Waals surface area contributed by atoms with Crippen LogP contribution in [0.3, 0.4) is 0 Å². The van der Waals surface area contributed by atoms with Crippen molar-refractivity contribution in [1.29, 1.82) is 0 Å². The molecule has 3 aliphatic rings. The zero-order valence-corrected chi connectivity index (χ0v) is 19.0. The molecule has 3 aliphatic heterocycles. The number of rotatable bonds is 5. The number of aliphatic imine (C=N–C) groups is 1. The Hall–Kier alpha value is -1.16. The fourth-order valence-electron chi connectivity index (χ4n) is 3.75. The first-order valence-corrected chi connectivity index (χ1v) is 9.62.